The fourth-order valence-corrected chi connectivity index (χ4v) is 3.79. The average Bonchev–Trinajstić information content (AvgIpc) is 3.39. The van der Waals surface area contributed by atoms with E-state index in [2.05, 4.69) is 44.5 Å². The highest BCUT2D eigenvalue weighted by molar-refractivity contribution is 5.76. The van der Waals surface area contributed by atoms with Crippen LogP contribution in [0.25, 0.3) is 0 Å². The van der Waals surface area contributed by atoms with Crippen LogP contribution in [0, 0.1) is 0 Å². The maximum absolute atomic E-state index is 12.6. The van der Waals surface area contributed by atoms with Crippen LogP contribution in [-0.4, -0.2) is 48.9 Å². The summed E-state index contributed by atoms with van der Waals surface area (Å²) in [6, 6.07) is 10.4. The molecule has 0 spiro atoms. The molecule has 1 aliphatic rings. The van der Waals surface area contributed by atoms with E-state index in [1.165, 1.54) is 23.1 Å². The van der Waals surface area contributed by atoms with Crippen molar-refractivity contribution in [2.75, 3.05) is 13.1 Å². The van der Waals surface area contributed by atoms with Crippen LogP contribution in [0.4, 0.5) is 0 Å². The van der Waals surface area contributed by atoms with E-state index in [-0.39, 0.29) is 5.91 Å². The van der Waals surface area contributed by atoms with Gasteiger partial charge in [-0.15, -0.1) is 0 Å². The van der Waals surface area contributed by atoms with Crippen LogP contribution >= 0.6 is 0 Å². The van der Waals surface area contributed by atoms with Crippen LogP contribution < -0.4 is 0 Å². The Morgan fingerprint density at radius 3 is 2.96 bits per heavy atom. The molecule has 1 fully saturated rings. The van der Waals surface area contributed by atoms with Gasteiger partial charge in [0.15, 0.2) is 0 Å². The van der Waals surface area contributed by atoms with E-state index in [1.54, 1.807) is 11.0 Å². The number of nitrogens with one attached hydrogen (secondary N) is 1. The summed E-state index contributed by atoms with van der Waals surface area (Å²) < 4.78 is 1.70. The van der Waals surface area contributed by atoms with Crippen molar-refractivity contribution in [1.29, 1.82) is 0 Å². The number of aromatic amines is 1. The van der Waals surface area contributed by atoms with Gasteiger partial charge >= 0.3 is 0 Å². The Morgan fingerprint density at radius 1 is 1.26 bits per heavy atom. The molecule has 7 nitrogen and oxygen atoms in total. The van der Waals surface area contributed by atoms with Gasteiger partial charge in [-0.05, 0) is 24.0 Å². The number of nitrogens with zero attached hydrogens (tertiary/aromatic N) is 5. The zero-order valence-electron chi connectivity index (χ0n) is 15.3. The average molecular weight is 364 g/mol. The zero-order valence-corrected chi connectivity index (χ0v) is 15.3. The first-order valence-electron chi connectivity index (χ1n) is 9.46. The summed E-state index contributed by atoms with van der Waals surface area (Å²) in [6.07, 6.45) is 8.48. The maximum atomic E-state index is 12.6. The summed E-state index contributed by atoms with van der Waals surface area (Å²) >= 11 is 0. The fourth-order valence-electron chi connectivity index (χ4n) is 3.79. The van der Waals surface area contributed by atoms with E-state index in [0.717, 1.165) is 32.4 Å². The molecule has 1 saturated heterocycles. The summed E-state index contributed by atoms with van der Waals surface area (Å²) in [5, 5.41) is 11.5. The highest BCUT2D eigenvalue weighted by atomic mass is 16.2. The number of rotatable bonds is 6. The molecule has 1 unspecified atom stereocenters. The molecule has 1 atom stereocenters. The lowest BCUT2D eigenvalue weighted by Crippen LogP contribution is -2.39. The second-order valence-corrected chi connectivity index (χ2v) is 7.06. The Balaban J connectivity index is 1.40. The van der Waals surface area contributed by atoms with Crippen molar-refractivity contribution in [3.05, 3.63) is 66.0 Å². The molecule has 0 radical (unpaired) electrons. The predicted octanol–water partition coefficient (Wildman–Crippen LogP) is 2.39. The number of amides is 1. The quantitative estimate of drug-likeness (QED) is 0.728. The molecular formula is C20H24N6O. The summed E-state index contributed by atoms with van der Waals surface area (Å²) in [6.45, 7) is 2.15. The van der Waals surface area contributed by atoms with E-state index >= 15 is 0 Å². The Bertz CT molecular complexity index is 858. The van der Waals surface area contributed by atoms with E-state index in [0.29, 0.717) is 18.9 Å². The second kappa shape index (κ2) is 8.16. The van der Waals surface area contributed by atoms with E-state index in [9.17, 15) is 4.79 Å². The lowest BCUT2D eigenvalue weighted by atomic mass is 9.90. The van der Waals surface area contributed by atoms with Crippen LogP contribution in [0.2, 0.25) is 0 Å². The van der Waals surface area contributed by atoms with Gasteiger partial charge in [-0.3, -0.25) is 14.6 Å². The molecule has 0 bridgehead atoms. The lowest BCUT2D eigenvalue weighted by Gasteiger charge is -2.33. The number of piperidine rings is 1. The molecule has 7 heteroatoms. The van der Waals surface area contributed by atoms with E-state index in [1.807, 2.05) is 17.2 Å². The van der Waals surface area contributed by atoms with Gasteiger partial charge in [-0.25, -0.2) is 4.98 Å². The van der Waals surface area contributed by atoms with Crippen LogP contribution in [0.15, 0.2) is 49.2 Å². The van der Waals surface area contributed by atoms with Gasteiger partial charge in [0.1, 0.15) is 12.7 Å². The van der Waals surface area contributed by atoms with Crippen molar-refractivity contribution in [2.45, 2.75) is 38.1 Å². The number of H-pyrrole nitrogens is 1. The monoisotopic (exact) mass is 364 g/mol. The Morgan fingerprint density at radius 2 is 2.15 bits per heavy atom. The number of hydrogen-bond donors (Lipinski definition) is 1. The summed E-state index contributed by atoms with van der Waals surface area (Å²) in [5.74, 6) is 0.495. The minimum atomic E-state index is 0.180. The van der Waals surface area contributed by atoms with E-state index in [4.69, 9.17) is 0 Å². The van der Waals surface area contributed by atoms with Gasteiger partial charge in [0.2, 0.25) is 5.91 Å². The molecular weight excluding hydrogens is 340 g/mol. The molecule has 4 rings (SSSR count). The van der Waals surface area contributed by atoms with Gasteiger partial charge in [-0.2, -0.15) is 10.2 Å². The number of hydrogen-bond acceptors (Lipinski definition) is 4. The van der Waals surface area contributed by atoms with Crippen molar-refractivity contribution in [1.82, 2.24) is 29.9 Å². The van der Waals surface area contributed by atoms with Crippen molar-refractivity contribution in [3.8, 4) is 0 Å². The summed E-state index contributed by atoms with van der Waals surface area (Å²) in [5.41, 5.74) is 3.67. The molecule has 1 amide bonds. The highest BCUT2D eigenvalue weighted by Gasteiger charge is 2.27. The molecule has 3 aromatic rings. The SMILES string of the molecule is O=C(CCn1cncn1)N1CCCC(c2[nH]ncc2Cc2ccccc2)C1. The van der Waals surface area contributed by atoms with Crippen molar-refractivity contribution < 1.29 is 4.79 Å². The number of benzene rings is 1. The largest absolute Gasteiger partial charge is 0.342 e. The molecule has 1 aliphatic heterocycles. The highest BCUT2D eigenvalue weighted by Crippen LogP contribution is 2.29. The minimum Gasteiger partial charge on any atom is -0.342 e. The normalized spacial score (nSPS) is 17.2. The molecule has 27 heavy (non-hydrogen) atoms. The molecule has 1 N–H and O–H groups in total. The van der Waals surface area contributed by atoms with Crippen molar-refractivity contribution >= 4 is 5.91 Å². The lowest BCUT2D eigenvalue weighted by molar-refractivity contribution is -0.132. The van der Waals surface area contributed by atoms with Crippen LogP contribution in [0.5, 0.6) is 0 Å². The van der Waals surface area contributed by atoms with Gasteiger partial charge in [0.05, 0.1) is 12.7 Å². The number of carbonyl (C=O) groups excluding carboxylic acids is 1. The Labute approximate surface area is 158 Å². The van der Waals surface area contributed by atoms with Crippen LogP contribution in [0.3, 0.4) is 0 Å². The summed E-state index contributed by atoms with van der Waals surface area (Å²) in [4.78, 5) is 18.5. The molecule has 140 valence electrons. The number of carbonyl (C=O) groups is 1. The van der Waals surface area contributed by atoms with Crippen molar-refractivity contribution in [2.24, 2.45) is 0 Å². The predicted molar refractivity (Wildman–Crippen MR) is 101 cm³/mol. The number of likely N-dealkylation sites (tertiary alicyclic amines) is 1. The molecule has 0 aliphatic carbocycles. The first kappa shape index (κ1) is 17.5. The van der Waals surface area contributed by atoms with Gasteiger partial charge < -0.3 is 4.90 Å². The molecule has 3 heterocycles. The second-order valence-electron chi connectivity index (χ2n) is 7.06. The van der Waals surface area contributed by atoms with Gasteiger partial charge in [-0.1, -0.05) is 30.3 Å². The topological polar surface area (TPSA) is 79.7 Å². The first-order valence-corrected chi connectivity index (χ1v) is 9.46. The third kappa shape index (κ3) is 4.24. The Kier molecular flexibility index (Phi) is 5.27. The third-order valence-corrected chi connectivity index (χ3v) is 5.19. The van der Waals surface area contributed by atoms with Crippen LogP contribution in [0.1, 0.15) is 42.0 Å². The fraction of sp³-hybridized carbons (Fsp3) is 0.400. The maximum Gasteiger partial charge on any atom is 0.224 e. The standard InChI is InChI=1S/C20H24N6O/c27-19(8-10-26-15-21-14-23-26)25-9-4-7-17(13-25)20-18(12-22-24-20)11-16-5-2-1-3-6-16/h1-3,5-6,12,14-15,17H,4,7-11,13H2,(H,22,24). The van der Waals surface area contributed by atoms with Gasteiger partial charge in [0, 0.05) is 37.5 Å². The first-order chi connectivity index (χ1) is 13.3. The number of aromatic nitrogens is 5. The van der Waals surface area contributed by atoms with E-state index < -0.39 is 0 Å². The third-order valence-electron chi connectivity index (χ3n) is 5.19. The molecule has 1 aromatic carbocycles. The Hall–Kier alpha value is -2.96. The van der Waals surface area contributed by atoms with Gasteiger partial charge in [0.25, 0.3) is 0 Å². The zero-order chi connectivity index (χ0) is 18.5. The molecule has 2 aromatic heterocycles. The minimum absolute atomic E-state index is 0.180. The number of aryl methyl sites for hydroxylation is 1. The van der Waals surface area contributed by atoms with Crippen LogP contribution in [-0.2, 0) is 17.8 Å². The summed E-state index contributed by atoms with van der Waals surface area (Å²) in [7, 11) is 0. The smallest absolute Gasteiger partial charge is 0.224 e. The molecule has 0 saturated carbocycles. The van der Waals surface area contributed by atoms with Crippen molar-refractivity contribution in [3.63, 3.8) is 0 Å².